The van der Waals surface area contributed by atoms with E-state index >= 15 is 0 Å². The van der Waals surface area contributed by atoms with Crippen LogP contribution in [-0.2, 0) is 0 Å². The first kappa shape index (κ1) is 15.8. The lowest BCUT2D eigenvalue weighted by molar-refractivity contribution is 0.0725. The van der Waals surface area contributed by atoms with Crippen molar-refractivity contribution in [2.24, 2.45) is 0 Å². The maximum Gasteiger partial charge on any atom is 0.263 e. The van der Waals surface area contributed by atoms with E-state index in [1.54, 1.807) is 12.1 Å². The third-order valence-electron chi connectivity index (χ3n) is 3.20. The van der Waals surface area contributed by atoms with Gasteiger partial charge in [0.15, 0.2) is 0 Å². The molecule has 2 rings (SSSR count). The molecule has 2 heterocycles. The average Bonchev–Trinajstić information content (AvgIpc) is 2.60. The third-order valence-corrected chi connectivity index (χ3v) is 4.42. The van der Waals surface area contributed by atoms with Gasteiger partial charge in [0, 0.05) is 13.1 Å². The van der Waals surface area contributed by atoms with Gasteiger partial charge in [0.1, 0.15) is 0 Å². The summed E-state index contributed by atoms with van der Waals surface area (Å²) in [6, 6.07) is 3.93. The Hall–Kier alpha value is -0.290. The van der Waals surface area contributed by atoms with E-state index in [-0.39, 0.29) is 18.3 Å². The quantitative estimate of drug-likeness (QED) is 0.911. The van der Waals surface area contributed by atoms with Crippen LogP contribution in [0.15, 0.2) is 12.1 Å². The first-order valence-corrected chi connectivity index (χ1v) is 7.11. The molecule has 0 aliphatic carbocycles. The Morgan fingerprint density at radius 3 is 2.89 bits per heavy atom. The van der Waals surface area contributed by atoms with Crippen molar-refractivity contribution in [3.63, 3.8) is 0 Å². The molecule has 0 radical (unpaired) electrons. The Labute approximate surface area is 123 Å². The summed E-state index contributed by atoms with van der Waals surface area (Å²) in [5.74, 6) is 0.0915. The van der Waals surface area contributed by atoms with Crippen LogP contribution in [0.25, 0.3) is 0 Å². The zero-order chi connectivity index (χ0) is 12.3. The highest BCUT2D eigenvalue weighted by molar-refractivity contribution is 7.17. The van der Waals surface area contributed by atoms with Gasteiger partial charge in [-0.3, -0.25) is 4.79 Å². The number of amides is 1. The lowest BCUT2D eigenvalue weighted by atomic mass is 10.1. The summed E-state index contributed by atoms with van der Waals surface area (Å²) in [6.45, 7) is 2.05. The van der Waals surface area contributed by atoms with E-state index in [0.717, 1.165) is 37.2 Å². The standard InChI is InChI=1S/C12H17ClN2OS.ClH/c1-15(9-3-2-7-14-8-6-9)12(16)10-4-5-11(13)17-10;/h4-5,9,14H,2-3,6-8H2,1H3;1H. The first-order chi connectivity index (χ1) is 8.18. The largest absolute Gasteiger partial charge is 0.338 e. The van der Waals surface area contributed by atoms with Crippen molar-refractivity contribution < 1.29 is 4.79 Å². The first-order valence-electron chi connectivity index (χ1n) is 5.91. The maximum absolute atomic E-state index is 12.2. The summed E-state index contributed by atoms with van der Waals surface area (Å²) in [5, 5.41) is 3.36. The van der Waals surface area contributed by atoms with Crippen LogP contribution in [0.5, 0.6) is 0 Å². The van der Waals surface area contributed by atoms with E-state index in [4.69, 9.17) is 11.6 Å². The van der Waals surface area contributed by atoms with Gasteiger partial charge in [0.05, 0.1) is 9.21 Å². The van der Waals surface area contributed by atoms with Gasteiger partial charge in [-0.2, -0.15) is 0 Å². The van der Waals surface area contributed by atoms with E-state index in [1.807, 2.05) is 11.9 Å². The van der Waals surface area contributed by atoms with Crippen molar-refractivity contribution >= 4 is 41.3 Å². The highest BCUT2D eigenvalue weighted by Gasteiger charge is 2.22. The second-order valence-corrected chi connectivity index (χ2v) is 6.07. The monoisotopic (exact) mass is 308 g/mol. The highest BCUT2D eigenvalue weighted by Crippen LogP contribution is 2.24. The van der Waals surface area contributed by atoms with E-state index in [9.17, 15) is 4.79 Å². The number of hydrogen-bond acceptors (Lipinski definition) is 3. The molecule has 1 amide bonds. The molecule has 1 aliphatic rings. The number of rotatable bonds is 2. The van der Waals surface area contributed by atoms with Gasteiger partial charge in [0.25, 0.3) is 5.91 Å². The summed E-state index contributed by atoms with van der Waals surface area (Å²) in [5.41, 5.74) is 0. The van der Waals surface area contributed by atoms with Crippen molar-refractivity contribution in [2.75, 3.05) is 20.1 Å². The second kappa shape index (κ2) is 7.34. The fourth-order valence-corrected chi connectivity index (χ4v) is 3.18. The molecule has 3 nitrogen and oxygen atoms in total. The summed E-state index contributed by atoms with van der Waals surface area (Å²) in [7, 11) is 1.89. The molecule has 18 heavy (non-hydrogen) atoms. The lowest BCUT2D eigenvalue weighted by Crippen LogP contribution is -2.37. The molecule has 1 atom stereocenters. The molecule has 1 N–H and O–H groups in total. The van der Waals surface area contributed by atoms with Crippen LogP contribution in [0.2, 0.25) is 4.34 Å². The molecule has 1 saturated heterocycles. The Balaban J connectivity index is 0.00000162. The second-order valence-electron chi connectivity index (χ2n) is 4.35. The summed E-state index contributed by atoms with van der Waals surface area (Å²) in [6.07, 6.45) is 3.24. The Kier molecular flexibility index (Phi) is 6.43. The normalized spacial score (nSPS) is 19.8. The molecule has 0 bridgehead atoms. The van der Waals surface area contributed by atoms with E-state index in [2.05, 4.69) is 5.32 Å². The van der Waals surface area contributed by atoms with Crippen molar-refractivity contribution in [2.45, 2.75) is 25.3 Å². The smallest absolute Gasteiger partial charge is 0.263 e. The minimum Gasteiger partial charge on any atom is -0.338 e. The Bertz CT molecular complexity index is 389. The minimum atomic E-state index is 0. The van der Waals surface area contributed by atoms with E-state index in [1.165, 1.54) is 11.3 Å². The predicted octanol–water partition coefficient (Wildman–Crippen LogP) is 3.04. The highest BCUT2D eigenvalue weighted by atomic mass is 35.5. The minimum absolute atomic E-state index is 0. The van der Waals surface area contributed by atoms with Crippen molar-refractivity contribution in [3.8, 4) is 0 Å². The van der Waals surface area contributed by atoms with Gasteiger partial charge in [-0.1, -0.05) is 11.6 Å². The number of carbonyl (C=O) groups is 1. The molecule has 6 heteroatoms. The number of nitrogens with zero attached hydrogens (tertiary/aromatic N) is 1. The number of carbonyl (C=O) groups excluding carboxylic acids is 1. The van der Waals surface area contributed by atoms with Gasteiger partial charge in [-0.25, -0.2) is 0 Å². The van der Waals surface area contributed by atoms with Crippen LogP contribution in [0, 0.1) is 0 Å². The average molecular weight is 309 g/mol. The zero-order valence-corrected chi connectivity index (χ0v) is 12.7. The number of hydrogen-bond donors (Lipinski definition) is 1. The van der Waals surface area contributed by atoms with Crippen LogP contribution in [0.4, 0.5) is 0 Å². The van der Waals surface area contributed by atoms with Crippen molar-refractivity contribution in [1.29, 1.82) is 0 Å². The third kappa shape index (κ3) is 3.85. The summed E-state index contributed by atoms with van der Waals surface area (Å²) < 4.78 is 0.671. The predicted molar refractivity (Wildman–Crippen MR) is 79.2 cm³/mol. The molecule has 0 aromatic carbocycles. The zero-order valence-electron chi connectivity index (χ0n) is 10.3. The molecule has 1 fully saturated rings. The van der Waals surface area contributed by atoms with Gasteiger partial charge >= 0.3 is 0 Å². The van der Waals surface area contributed by atoms with E-state index < -0.39 is 0 Å². The molecule has 1 aromatic heterocycles. The van der Waals surface area contributed by atoms with Crippen LogP contribution in [-0.4, -0.2) is 37.0 Å². The summed E-state index contributed by atoms with van der Waals surface area (Å²) >= 11 is 7.21. The van der Waals surface area contributed by atoms with E-state index in [0.29, 0.717) is 10.4 Å². The molecule has 0 saturated carbocycles. The molecule has 102 valence electrons. The Morgan fingerprint density at radius 2 is 2.22 bits per heavy atom. The fourth-order valence-electron chi connectivity index (χ4n) is 2.16. The van der Waals surface area contributed by atoms with Gasteiger partial charge in [-0.05, 0) is 44.5 Å². The maximum atomic E-state index is 12.2. The SMILES string of the molecule is CN(C(=O)c1ccc(Cl)s1)C1CCCNCC1.Cl. The molecular weight excluding hydrogens is 291 g/mol. The molecule has 1 aromatic rings. The van der Waals surface area contributed by atoms with Crippen LogP contribution < -0.4 is 5.32 Å². The molecule has 0 spiro atoms. The van der Waals surface area contributed by atoms with Gasteiger partial charge < -0.3 is 10.2 Å². The van der Waals surface area contributed by atoms with Crippen LogP contribution >= 0.6 is 35.3 Å². The van der Waals surface area contributed by atoms with Gasteiger partial charge in [0.2, 0.25) is 0 Å². The van der Waals surface area contributed by atoms with Crippen molar-refractivity contribution in [1.82, 2.24) is 10.2 Å². The topological polar surface area (TPSA) is 32.3 Å². The van der Waals surface area contributed by atoms with Gasteiger partial charge in [-0.15, -0.1) is 23.7 Å². The van der Waals surface area contributed by atoms with Crippen LogP contribution in [0.3, 0.4) is 0 Å². The van der Waals surface area contributed by atoms with Crippen LogP contribution in [0.1, 0.15) is 28.9 Å². The molecule has 1 unspecified atom stereocenters. The molecule has 1 aliphatic heterocycles. The fraction of sp³-hybridized carbons (Fsp3) is 0.583. The number of thiophene rings is 1. The number of nitrogens with one attached hydrogen (secondary N) is 1. The summed E-state index contributed by atoms with van der Waals surface area (Å²) in [4.78, 5) is 14.8. The van der Waals surface area contributed by atoms with Crippen molar-refractivity contribution in [3.05, 3.63) is 21.3 Å². The Morgan fingerprint density at radius 1 is 1.44 bits per heavy atom. The number of halogens is 2. The molecular formula is C12H18Cl2N2OS. The lowest BCUT2D eigenvalue weighted by Gasteiger charge is -2.26.